The highest BCUT2D eigenvalue weighted by Gasteiger charge is 2.18. The summed E-state index contributed by atoms with van der Waals surface area (Å²) in [7, 11) is -3.53. The average molecular weight is 270 g/mol. The molecule has 1 rings (SSSR count). The second-order valence-electron chi connectivity index (χ2n) is 3.22. The minimum absolute atomic E-state index is 0.00308. The van der Waals surface area contributed by atoms with E-state index in [0.717, 1.165) is 16.9 Å². The van der Waals surface area contributed by atoms with Crippen LogP contribution in [-0.4, -0.2) is 26.2 Å². The Morgan fingerprint density at radius 2 is 2.27 bits per heavy atom. The van der Waals surface area contributed by atoms with Crippen molar-refractivity contribution in [1.82, 2.24) is 4.72 Å². The Labute approximate surface area is 97.9 Å². The summed E-state index contributed by atoms with van der Waals surface area (Å²) >= 11 is 6.78. The zero-order valence-electron chi connectivity index (χ0n) is 8.32. The van der Waals surface area contributed by atoms with Gasteiger partial charge in [-0.25, -0.2) is 13.1 Å². The van der Waals surface area contributed by atoms with Crippen molar-refractivity contribution in [1.29, 1.82) is 0 Å². The Balaban J connectivity index is 2.87. The number of halogens is 1. The van der Waals surface area contributed by atoms with Crippen LogP contribution in [0.15, 0.2) is 10.3 Å². The molecule has 0 bridgehead atoms. The highest BCUT2D eigenvalue weighted by Crippen LogP contribution is 2.29. The molecule has 7 heteroatoms. The first-order chi connectivity index (χ1) is 6.83. The van der Waals surface area contributed by atoms with Gasteiger partial charge in [-0.2, -0.15) is 0 Å². The third-order valence-corrected chi connectivity index (χ3v) is 5.12. The van der Waals surface area contributed by atoms with Crippen molar-refractivity contribution < 1.29 is 13.5 Å². The van der Waals surface area contributed by atoms with Crippen LogP contribution in [-0.2, 0) is 10.0 Å². The van der Waals surface area contributed by atoms with E-state index in [4.69, 9.17) is 16.7 Å². The van der Waals surface area contributed by atoms with Crippen LogP contribution in [0.5, 0.6) is 0 Å². The summed E-state index contributed by atoms with van der Waals surface area (Å²) < 4.78 is 26.2. The largest absolute Gasteiger partial charge is 0.392 e. The molecule has 1 aromatic rings. The van der Waals surface area contributed by atoms with Gasteiger partial charge in [0.2, 0.25) is 10.0 Å². The van der Waals surface area contributed by atoms with Crippen molar-refractivity contribution in [2.45, 2.75) is 24.2 Å². The summed E-state index contributed by atoms with van der Waals surface area (Å²) in [6.45, 7) is 3.25. The third-order valence-electron chi connectivity index (χ3n) is 1.67. The standard InChI is InChI=1S/C8H12ClNO3S2/c1-5-3-7(14-8(5)9)15(12,13)10-4-6(2)11/h3,6,10-11H,4H2,1-2H3. The molecule has 2 N–H and O–H groups in total. The molecule has 0 saturated heterocycles. The van der Waals surface area contributed by atoms with Gasteiger partial charge < -0.3 is 5.11 Å². The maximum atomic E-state index is 11.6. The van der Waals surface area contributed by atoms with Gasteiger partial charge in [-0.15, -0.1) is 11.3 Å². The fourth-order valence-corrected chi connectivity index (χ4v) is 3.74. The topological polar surface area (TPSA) is 66.4 Å². The lowest BCUT2D eigenvalue weighted by Crippen LogP contribution is -2.30. The van der Waals surface area contributed by atoms with Crippen LogP contribution in [0.25, 0.3) is 0 Å². The van der Waals surface area contributed by atoms with Crippen LogP contribution in [0.1, 0.15) is 12.5 Å². The van der Waals surface area contributed by atoms with Gasteiger partial charge in [-0.3, -0.25) is 0 Å². The number of hydrogen-bond acceptors (Lipinski definition) is 4. The Morgan fingerprint density at radius 1 is 1.67 bits per heavy atom. The van der Waals surface area contributed by atoms with Crippen LogP contribution in [0.4, 0.5) is 0 Å². The molecule has 0 aliphatic carbocycles. The van der Waals surface area contributed by atoms with Crippen LogP contribution in [0.3, 0.4) is 0 Å². The highest BCUT2D eigenvalue weighted by molar-refractivity contribution is 7.91. The Hall–Kier alpha value is -0.140. The zero-order valence-corrected chi connectivity index (χ0v) is 10.7. The monoisotopic (exact) mass is 269 g/mol. The van der Waals surface area contributed by atoms with E-state index >= 15 is 0 Å². The molecular weight excluding hydrogens is 258 g/mol. The van der Waals surface area contributed by atoms with Gasteiger partial charge in [0.25, 0.3) is 0 Å². The third kappa shape index (κ3) is 3.42. The summed E-state index contributed by atoms with van der Waals surface area (Å²) in [5.74, 6) is 0. The lowest BCUT2D eigenvalue weighted by atomic mass is 10.4. The lowest BCUT2D eigenvalue weighted by molar-refractivity contribution is 0.198. The van der Waals surface area contributed by atoms with Crippen LogP contribution >= 0.6 is 22.9 Å². The van der Waals surface area contributed by atoms with Crippen molar-refractivity contribution >= 4 is 33.0 Å². The van der Waals surface area contributed by atoms with E-state index in [1.165, 1.54) is 13.0 Å². The maximum Gasteiger partial charge on any atom is 0.250 e. The summed E-state index contributed by atoms with van der Waals surface area (Å²) in [5, 5.41) is 8.97. The predicted octanol–water partition coefficient (Wildman–Crippen LogP) is 1.37. The smallest absolute Gasteiger partial charge is 0.250 e. The van der Waals surface area contributed by atoms with Crippen LogP contribution in [0.2, 0.25) is 4.34 Å². The molecule has 0 fully saturated rings. The molecule has 0 amide bonds. The Kier molecular flexibility index (Phi) is 4.13. The molecule has 4 nitrogen and oxygen atoms in total. The average Bonchev–Trinajstić information content (AvgIpc) is 2.45. The van der Waals surface area contributed by atoms with E-state index < -0.39 is 16.1 Å². The van der Waals surface area contributed by atoms with Gasteiger partial charge in [0.1, 0.15) is 4.21 Å². The molecule has 1 unspecified atom stereocenters. The molecule has 1 aromatic heterocycles. The summed E-state index contributed by atoms with van der Waals surface area (Å²) in [6, 6.07) is 1.51. The molecular formula is C8H12ClNO3S2. The molecule has 0 saturated carbocycles. The van der Waals surface area contributed by atoms with E-state index in [9.17, 15) is 8.42 Å². The SMILES string of the molecule is Cc1cc(S(=O)(=O)NCC(C)O)sc1Cl. The second kappa shape index (κ2) is 4.80. The minimum Gasteiger partial charge on any atom is -0.392 e. The van der Waals surface area contributed by atoms with Gasteiger partial charge in [-0.1, -0.05) is 11.6 Å². The number of sulfonamides is 1. The van der Waals surface area contributed by atoms with Crippen molar-refractivity contribution in [3.8, 4) is 0 Å². The van der Waals surface area contributed by atoms with Crippen molar-refractivity contribution in [3.05, 3.63) is 16.0 Å². The normalized spacial score (nSPS) is 14.1. The molecule has 1 atom stereocenters. The molecule has 0 spiro atoms. The number of aryl methyl sites for hydroxylation is 1. The molecule has 0 aliphatic heterocycles. The fourth-order valence-electron chi connectivity index (χ4n) is 0.866. The zero-order chi connectivity index (χ0) is 11.6. The van der Waals surface area contributed by atoms with E-state index in [-0.39, 0.29) is 10.8 Å². The van der Waals surface area contributed by atoms with Gasteiger partial charge in [0.05, 0.1) is 10.4 Å². The van der Waals surface area contributed by atoms with Gasteiger partial charge >= 0.3 is 0 Å². The first-order valence-electron chi connectivity index (χ1n) is 4.26. The number of hydrogen-bond donors (Lipinski definition) is 2. The highest BCUT2D eigenvalue weighted by atomic mass is 35.5. The van der Waals surface area contributed by atoms with Gasteiger partial charge in [-0.05, 0) is 25.5 Å². The lowest BCUT2D eigenvalue weighted by Gasteiger charge is -2.05. The van der Waals surface area contributed by atoms with Crippen molar-refractivity contribution in [2.24, 2.45) is 0 Å². The van der Waals surface area contributed by atoms with E-state index in [1.54, 1.807) is 6.92 Å². The maximum absolute atomic E-state index is 11.6. The Bertz CT molecular complexity index is 419. The summed E-state index contributed by atoms with van der Waals surface area (Å²) in [4.78, 5) is 0. The quantitative estimate of drug-likeness (QED) is 0.868. The first kappa shape index (κ1) is 12.9. The van der Waals surface area contributed by atoms with Gasteiger partial charge in [0.15, 0.2) is 0 Å². The molecule has 86 valence electrons. The number of thiophene rings is 1. The van der Waals surface area contributed by atoms with E-state index in [2.05, 4.69) is 4.72 Å². The molecule has 1 heterocycles. The van der Waals surface area contributed by atoms with E-state index in [1.807, 2.05) is 0 Å². The molecule has 15 heavy (non-hydrogen) atoms. The van der Waals surface area contributed by atoms with Crippen molar-refractivity contribution in [2.75, 3.05) is 6.54 Å². The van der Waals surface area contributed by atoms with E-state index in [0.29, 0.717) is 4.34 Å². The summed E-state index contributed by atoms with van der Waals surface area (Å²) in [5.41, 5.74) is 0.735. The number of rotatable bonds is 4. The van der Waals surface area contributed by atoms with Crippen LogP contribution < -0.4 is 4.72 Å². The van der Waals surface area contributed by atoms with Crippen molar-refractivity contribution in [3.63, 3.8) is 0 Å². The predicted molar refractivity (Wildman–Crippen MR) is 60.9 cm³/mol. The number of nitrogens with one attached hydrogen (secondary N) is 1. The van der Waals surface area contributed by atoms with Crippen LogP contribution in [0, 0.1) is 6.92 Å². The first-order valence-corrected chi connectivity index (χ1v) is 6.94. The summed E-state index contributed by atoms with van der Waals surface area (Å²) in [6.07, 6.45) is -0.712. The second-order valence-corrected chi connectivity index (χ2v) is 6.87. The minimum atomic E-state index is -3.53. The van der Waals surface area contributed by atoms with Gasteiger partial charge in [0, 0.05) is 6.54 Å². The molecule has 0 radical (unpaired) electrons. The molecule has 0 aliphatic rings. The Morgan fingerprint density at radius 3 is 2.67 bits per heavy atom. The molecule has 0 aromatic carbocycles. The number of aliphatic hydroxyl groups is 1. The fraction of sp³-hybridized carbons (Fsp3) is 0.500. The number of aliphatic hydroxyl groups excluding tert-OH is 1.